The molecule has 2 N–H and O–H groups in total. The average Bonchev–Trinajstić information content (AvgIpc) is 2.75. The minimum atomic E-state index is -4.63. The molecule has 1 atom stereocenters. The molecule has 1 fully saturated rings. The third kappa shape index (κ3) is 3.41. The maximum Gasteiger partial charge on any atom is 0.404 e. The van der Waals surface area contributed by atoms with Crippen molar-refractivity contribution in [1.29, 1.82) is 0 Å². The number of alkyl halides is 3. The van der Waals surface area contributed by atoms with E-state index in [0.717, 1.165) is 4.90 Å². The molecule has 116 valence electrons. The van der Waals surface area contributed by atoms with Crippen LogP contribution in [0, 0.1) is 5.41 Å². The topological polar surface area (TPSA) is 61.4 Å². The number of hydrogen-bond acceptors (Lipinski definition) is 3. The van der Waals surface area contributed by atoms with Gasteiger partial charge in [0.2, 0.25) is 11.8 Å². The zero-order valence-corrected chi connectivity index (χ0v) is 11.8. The fourth-order valence-corrected chi connectivity index (χ4v) is 2.26. The monoisotopic (exact) mass is 295 g/mol. The van der Waals surface area contributed by atoms with Crippen molar-refractivity contribution in [2.75, 3.05) is 26.7 Å². The standard InChI is InChI=1S/C12H20F3N3O2/c1-8(2)17-9(19)6-18(3)10(20)11(12(13,14)15)4-5-16-7-11/h8,16H,4-7H2,1-3H3,(H,17,19). The van der Waals surface area contributed by atoms with Gasteiger partial charge in [-0.2, -0.15) is 13.2 Å². The highest BCUT2D eigenvalue weighted by atomic mass is 19.4. The van der Waals surface area contributed by atoms with E-state index in [1.54, 1.807) is 13.8 Å². The van der Waals surface area contributed by atoms with Crippen molar-refractivity contribution in [3.63, 3.8) is 0 Å². The summed E-state index contributed by atoms with van der Waals surface area (Å²) in [5, 5.41) is 5.11. The van der Waals surface area contributed by atoms with E-state index in [2.05, 4.69) is 10.6 Å². The first kappa shape index (κ1) is 16.7. The Bertz CT molecular complexity index is 377. The number of carbonyl (C=O) groups excluding carboxylic acids is 2. The molecule has 0 radical (unpaired) electrons. The largest absolute Gasteiger partial charge is 0.404 e. The van der Waals surface area contributed by atoms with Crippen LogP contribution in [0.25, 0.3) is 0 Å². The number of halogens is 3. The van der Waals surface area contributed by atoms with E-state index in [0.29, 0.717) is 0 Å². The average molecular weight is 295 g/mol. The normalized spacial score (nSPS) is 22.9. The summed E-state index contributed by atoms with van der Waals surface area (Å²) in [6.45, 7) is 2.78. The molecule has 1 unspecified atom stereocenters. The van der Waals surface area contributed by atoms with E-state index in [1.165, 1.54) is 7.05 Å². The van der Waals surface area contributed by atoms with E-state index in [-0.39, 0.29) is 25.6 Å². The minimum Gasteiger partial charge on any atom is -0.352 e. The smallest absolute Gasteiger partial charge is 0.352 e. The van der Waals surface area contributed by atoms with E-state index in [9.17, 15) is 22.8 Å². The summed E-state index contributed by atoms with van der Waals surface area (Å²) in [5.74, 6) is -1.53. The van der Waals surface area contributed by atoms with Crippen LogP contribution in [0.5, 0.6) is 0 Å². The van der Waals surface area contributed by atoms with Gasteiger partial charge in [-0.05, 0) is 26.8 Å². The van der Waals surface area contributed by atoms with Crippen LogP contribution >= 0.6 is 0 Å². The van der Waals surface area contributed by atoms with Crippen LogP contribution in [0.2, 0.25) is 0 Å². The quantitative estimate of drug-likeness (QED) is 0.794. The van der Waals surface area contributed by atoms with Crippen LogP contribution in [0.15, 0.2) is 0 Å². The molecule has 5 nitrogen and oxygen atoms in total. The first-order chi connectivity index (χ1) is 9.10. The molecule has 1 aliphatic heterocycles. The lowest BCUT2D eigenvalue weighted by Gasteiger charge is -2.33. The van der Waals surface area contributed by atoms with Crippen LogP contribution in [0.3, 0.4) is 0 Å². The van der Waals surface area contributed by atoms with Crippen molar-refractivity contribution >= 4 is 11.8 Å². The first-order valence-electron chi connectivity index (χ1n) is 6.42. The summed E-state index contributed by atoms with van der Waals surface area (Å²) in [6, 6.07) is -0.129. The molecule has 0 aliphatic carbocycles. The van der Waals surface area contributed by atoms with Crippen molar-refractivity contribution in [2.24, 2.45) is 5.41 Å². The maximum absolute atomic E-state index is 13.2. The lowest BCUT2D eigenvalue weighted by molar-refractivity contribution is -0.221. The minimum absolute atomic E-state index is 0.129. The number of nitrogens with one attached hydrogen (secondary N) is 2. The Morgan fingerprint density at radius 1 is 1.40 bits per heavy atom. The highest BCUT2D eigenvalue weighted by molar-refractivity contribution is 5.88. The molecular weight excluding hydrogens is 275 g/mol. The first-order valence-corrected chi connectivity index (χ1v) is 6.42. The van der Waals surface area contributed by atoms with E-state index in [1.807, 2.05) is 0 Å². The van der Waals surface area contributed by atoms with Gasteiger partial charge in [0.25, 0.3) is 0 Å². The molecule has 0 saturated carbocycles. The summed E-state index contributed by atoms with van der Waals surface area (Å²) < 4.78 is 39.6. The highest BCUT2D eigenvalue weighted by Gasteiger charge is 2.62. The zero-order valence-electron chi connectivity index (χ0n) is 11.8. The van der Waals surface area contributed by atoms with Crippen LogP contribution in [-0.2, 0) is 9.59 Å². The molecule has 20 heavy (non-hydrogen) atoms. The van der Waals surface area contributed by atoms with Gasteiger partial charge in [0.15, 0.2) is 5.41 Å². The summed E-state index contributed by atoms with van der Waals surface area (Å²) in [5.41, 5.74) is -2.42. The van der Waals surface area contributed by atoms with Crippen LogP contribution < -0.4 is 10.6 Å². The Morgan fingerprint density at radius 3 is 2.40 bits per heavy atom. The van der Waals surface area contributed by atoms with Gasteiger partial charge in [0.05, 0.1) is 6.54 Å². The second-order valence-electron chi connectivity index (χ2n) is 5.39. The van der Waals surface area contributed by atoms with Gasteiger partial charge in [-0.3, -0.25) is 9.59 Å². The summed E-state index contributed by atoms with van der Waals surface area (Å²) >= 11 is 0. The summed E-state index contributed by atoms with van der Waals surface area (Å²) in [7, 11) is 1.22. The Morgan fingerprint density at radius 2 is 2.00 bits per heavy atom. The fourth-order valence-electron chi connectivity index (χ4n) is 2.26. The van der Waals surface area contributed by atoms with Crippen molar-refractivity contribution < 1.29 is 22.8 Å². The van der Waals surface area contributed by atoms with Crippen LogP contribution in [-0.4, -0.2) is 55.6 Å². The van der Waals surface area contributed by atoms with Crippen molar-refractivity contribution in [3.8, 4) is 0 Å². The van der Waals surface area contributed by atoms with E-state index < -0.39 is 30.0 Å². The molecule has 0 aromatic carbocycles. The van der Waals surface area contributed by atoms with Crippen molar-refractivity contribution in [2.45, 2.75) is 32.5 Å². The van der Waals surface area contributed by atoms with E-state index >= 15 is 0 Å². The maximum atomic E-state index is 13.2. The van der Waals surface area contributed by atoms with Gasteiger partial charge in [-0.1, -0.05) is 0 Å². The second kappa shape index (κ2) is 5.99. The molecule has 1 aliphatic rings. The van der Waals surface area contributed by atoms with Gasteiger partial charge in [-0.15, -0.1) is 0 Å². The summed E-state index contributed by atoms with van der Waals surface area (Å²) in [4.78, 5) is 24.5. The van der Waals surface area contributed by atoms with Crippen LogP contribution in [0.1, 0.15) is 20.3 Å². The Kier molecular flexibility index (Phi) is 5.01. The van der Waals surface area contributed by atoms with Crippen LogP contribution in [0.4, 0.5) is 13.2 Å². The Balaban J connectivity index is 2.79. The van der Waals surface area contributed by atoms with Gasteiger partial charge >= 0.3 is 6.18 Å². The van der Waals surface area contributed by atoms with E-state index in [4.69, 9.17) is 0 Å². The molecule has 0 aromatic heterocycles. The lowest BCUT2D eigenvalue weighted by Crippen LogP contribution is -2.54. The van der Waals surface area contributed by atoms with Crippen molar-refractivity contribution in [1.82, 2.24) is 15.5 Å². The SMILES string of the molecule is CC(C)NC(=O)CN(C)C(=O)C1(C(F)(F)F)CCNC1. The summed E-state index contributed by atoms with van der Waals surface area (Å²) in [6.07, 6.45) is -4.93. The predicted molar refractivity (Wildman–Crippen MR) is 66.9 cm³/mol. The van der Waals surface area contributed by atoms with Gasteiger partial charge in [0, 0.05) is 19.6 Å². The molecular formula is C12H20F3N3O2. The number of rotatable bonds is 4. The molecule has 2 amide bonds. The molecule has 8 heteroatoms. The number of amides is 2. The van der Waals surface area contributed by atoms with Gasteiger partial charge in [0.1, 0.15) is 0 Å². The molecule has 1 saturated heterocycles. The molecule has 0 bridgehead atoms. The van der Waals surface area contributed by atoms with Gasteiger partial charge < -0.3 is 15.5 Å². The van der Waals surface area contributed by atoms with Crippen molar-refractivity contribution in [3.05, 3.63) is 0 Å². The predicted octanol–water partition coefficient (Wildman–Crippen LogP) is 0.511. The fraction of sp³-hybridized carbons (Fsp3) is 0.833. The number of nitrogens with zero attached hydrogens (tertiary/aromatic N) is 1. The lowest BCUT2D eigenvalue weighted by atomic mass is 9.84. The van der Waals surface area contributed by atoms with Gasteiger partial charge in [-0.25, -0.2) is 0 Å². The zero-order chi connectivity index (χ0) is 15.6. The number of carbonyl (C=O) groups is 2. The second-order valence-corrected chi connectivity index (χ2v) is 5.39. The Labute approximate surface area is 115 Å². The Hall–Kier alpha value is -1.31. The number of likely N-dealkylation sites (N-methyl/N-ethyl adjacent to an activating group) is 1. The third-order valence-corrected chi connectivity index (χ3v) is 3.28. The number of hydrogen-bond donors (Lipinski definition) is 2. The highest BCUT2D eigenvalue weighted by Crippen LogP contribution is 2.44. The molecule has 1 heterocycles. The molecule has 0 aromatic rings. The molecule has 0 spiro atoms. The third-order valence-electron chi connectivity index (χ3n) is 3.28. The molecule has 1 rings (SSSR count).